The minimum atomic E-state index is -4.21. The van der Waals surface area contributed by atoms with Crippen LogP contribution >= 0.6 is 0 Å². The molecule has 1 saturated carbocycles. The third-order valence-corrected chi connectivity index (χ3v) is 7.50. The van der Waals surface area contributed by atoms with Gasteiger partial charge in [-0.1, -0.05) is 57.5 Å². The van der Waals surface area contributed by atoms with Gasteiger partial charge in [-0.3, -0.25) is 4.90 Å². The van der Waals surface area contributed by atoms with Crippen LogP contribution in [-0.4, -0.2) is 53.0 Å². The van der Waals surface area contributed by atoms with Crippen molar-refractivity contribution >= 4 is 12.1 Å². The zero-order valence-corrected chi connectivity index (χ0v) is 21.7. The number of halogens is 3. The van der Waals surface area contributed by atoms with Crippen molar-refractivity contribution in [1.82, 2.24) is 10.2 Å². The van der Waals surface area contributed by atoms with Crippen LogP contribution in [0.15, 0.2) is 30.3 Å². The molecule has 1 aliphatic carbocycles. The van der Waals surface area contributed by atoms with Crippen molar-refractivity contribution in [2.45, 2.75) is 90.7 Å². The summed E-state index contributed by atoms with van der Waals surface area (Å²) in [6, 6.07) is 6.89. The van der Waals surface area contributed by atoms with E-state index < -0.39 is 59.7 Å². The first-order valence-electron chi connectivity index (χ1n) is 12.8. The molecule has 1 heterocycles. The van der Waals surface area contributed by atoms with Gasteiger partial charge in [-0.05, 0) is 56.6 Å². The maximum atomic E-state index is 13.4. The summed E-state index contributed by atoms with van der Waals surface area (Å²) in [7, 11) is 0. The number of benzene rings is 1. The van der Waals surface area contributed by atoms with E-state index in [0.29, 0.717) is 19.4 Å². The lowest BCUT2D eigenvalue weighted by Crippen LogP contribution is -2.49. The second kappa shape index (κ2) is 11.0. The molecule has 0 radical (unpaired) electrons. The van der Waals surface area contributed by atoms with Crippen LogP contribution in [0, 0.1) is 23.2 Å². The average molecular weight is 513 g/mol. The number of carboxylic acids is 1. The van der Waals surface area contributed by atoms with Crippen molar-refractivity contribution in [1.29, 1.82) is 0 Å². The number of amides is 1. The van der Waals surface area contributed by atoms with Crippen molar-refractivity contribution in [2.75, 3.05) is 6.54 Å². The molecule has 6 atom stereocenters. The van der Waals surface area contributed by atoms with Gasteiger partial charge < -0.3 is 15.2 Å². The van der Waals surface area contributed by atoms with E-state index in [2.05, 4.69) is 5.32 Å². The smallest absolute Gasteiger partial charge is 0.411 e. The number of nitrogens with one attached hydrogen (secondary N) is 1. The molecular weight excluding hydrogens is 473 g/mol. The molecule has 9 heteroatoms. The molecule has 1 amide bonds. The fourth-order valence-corrected chi connectivity index (χ4v) is 6.02. The van der Waals surface area contributed by atoms with Gasteiger partial charge in [0.2, 0.25) is 0 Å². The van der Waals surface area contributed by atoms with Crippen LogP contribution in [0.4, 0.5) is 18.0 Å². The lowest BCUT2D eigenvalue weighted by atomic mass is 9.72. The lowest BCUT2D eigenvalue weighted by Gasteiger charge is -2.37. The first-order valence-corrected chi connectivity index (χ1v) is 12.8. The summed E-state index contributed by atoms with van der Waals surface area (Å²) >= 11 is 0. The number of ether oxygens (including phenoxy) is 1. The Labute approximate surface area is 211 Å². The molecule has 0 spiro atoms. The second-order valence-electron chi connectivity index (χ2n) is 11.6. The summed E-state index contributed by atoms with van der Waals surface area (Å²) < 4.78 is 45.7. The van der Waals surface area contributed by atoms with Crippen molar-refractivity contribution < 1.29 is 32.6 Å². The molecular formula is C27H39F3N2O4. The van der Waals surface area contributed by atoms with Gasteiger partial charge in [-0.25, -0.2) is 9.59 Å². The number of carboxylic acid groups (broad SMARTS) is 1. The normalized spacial score (nSPS) is 29.4. The third kappa shape index (κ3) is 6.33. The Bertz CT molecular complexity index is 901. The number of carbonyl (C=O) groups excluding carboxylic acids is 1. The van der Waals surface area contributed by atoms with E-state index >= 15 is 0 Å². The Morgan fingerprint density at radius 2 is 1.78 bits per heavy atom. The van der Waals surface area contributed by atoms with Crippen LogP contribution in [0.1, 0.15) is 71.9 Å². The molecule has 1 saturated heterocycles. The van der Waals surface area contributed by atoms with Gasteiger partial charge >= 0.3 is 18.2 Å². The van der Waals surface area contributed by atoms with E-state index in [1.54, 1.807) is 13.8 Å². The topological polar surface area (TPSA) is 78.9 Å². The van der Waals surface area contributed by atoms with E-state index in [1.165, 1.54) is 4.90 Å². The maximum Gasteiger partial charge on any atom is 0.411 e. The van der Waals surface area contributed by atoms with E-state index in [0.717, 1.165) is 5.56 Å². The van der Waals surface area contributed by atoms with Crippen LogP contribution in [0.5, 0.6) is 0 Å². The highest BCUT2D eigenvalue weighted by Crippen LogP contribution is 2.49. The number of likely N-dealkylation sites (tertiary alicyclic amines) is 1. The molecule has 1 aliphatic heterocycles. The summed E-state index contributed by atoms with van der Waals surface area (Å²) in [6.07, 6.45) is -3.96. The summed E-state index contributed by atoms with van der Waals surface area (Å²) in [5.74, 6) is -3.13. The van der Waals surface area contributed by atoms with Gasteiger partial charge in [-0.15, -0.1) is 0 Å². The number of hydrogen-bond donors (Lipinski definition) is 2. The maximum absolute atomic E-state index is 13.4. The standard InChI is InChI=1S/C27H39F3N2O4/c1-16(2)36-25(35)32-22(18-11-7-6-8-12-18)21(20(26(3,4)5)23(32)24(33)34)31-15-17-10-9-13-19(14-17)27(28,29)30/h6-8,11-12,16-17,19-23,31H,9-10,13-15H2,1-5H3,(H,33,34)/t17?,19?,20-,21-,22-,23-/m0/s1. The van der Waals surface area contributed by atoms with Crippen LogP contribution in [0.25, 0.3) is 0 Å². The van der Waals surface area contributed by atoms with Gasteiger partial charge in [0.1, 0.15) is 6.04 Å². The highest BCUT2D eigenvalue weighted by molar-refractivity contribution is 5.82. The monoisotopic (exact) mass is 512 g/mol. The van der Waals surface area contributed by atoms with Crippen molar-refractivity contribution in [3.05, 3.63) is 35.9 Å². The Morgan fingerprint density at radius 1 is 1.14 bits per heavy atom. The van der Waals surface area contributed by atoms with Crippen molar-refractivity contribution in [2.24, 2.45) is 23.2 Å². The molecule has 1 aromatic rings. The highest BCUT2D eigenvalue weighted by Gasteiger charge is 2.58. The van der Waals surface area contributed by atoms with Gasteiger partial charge in [0.15, 0.2) is 0 Å². The molecule has 2 aliphatic rings. The molecule has 1 aromatic carbocycles. The van der Waals surface area contributed by atoms with Gasteiger partial charge in [0.05, 0.1) is 18.1 Å². The highest BCUT2D eigenvalue weighted by atomic mass is 19.4. The average Bonchev–Trinajstić information content (AvgIpc) is 3.13. The molecule has 2 N–H and O–H groups in total. The predicted octanol–water partition coefficient (Wildman–Crippen LogP) is 6.03. The molecule has 3 rings (SSSR count). The summed E-state index contributed by atoms with van der Waals surface area (Å²) in [5, 5.41) is 13.8. The molecule has 2 unspecified atom stereocenters. The predicted molar refractivity (Wildman–Crippen MR) is 130 cm³/mol. The van der Waals surface area contributed by atoms with Gasteiger partial charge in [-0.2, -0.15) is 13.2 Å². The van der Waals surface area contributed by atoms with E-state index in [9.17, 15) is 27.9 Å². The molecule has 2 fully saturated rings. The Hall–Kier alpha value is -2.29. The summed E-state index contributed by atoms with van der Waals surface area (Å²) in [6.45, 7) is 9.54. The second-order valence-corrected chi connectivity index (χ2v) is 11.6. The minimum absolute atomic E-state index is 0.0564. The summed E-state index contributed by atoms with van der Waals surface area (Å²) in [5.41, 5.74) is 0.229. The first-order chi connectivity index (χ1) is 16.7. The number of carbonyl (C=O) groups is 2. The minimum Gasteiger partial charge on any atom is -0.480 e. The van der Waals surface area contributed by atoms with Crippen LogP contribution in [-0.2, 0) is 9.53 Å². The fourth-order valence-electron chi connectivity index (χ4n) is 6.02. The van der Waals surface area contributed by atoms with E-state index in [4.69, 9.17) is 4.74 Å². The Balaban J connectivity index is 2.00. The zero-order valence-electron chi connectivity index (χ0n) is 21.7. The van der Waals surface area contributed by atoms with E-state index in [-0.39, 0.29) is 18.8 Å². The Morgan fingerprint density at radius 3 is 2.31 bits per heavy atom. The molecule has 6 nitrogen and oxygen atoms in total. The van der Waals surface area contributed by atoms with Crippen LogP contribution in [0.2, 0.25) is 0 Å². The van der Waals surface area contributed by atoms with E-state index in [1.807, 2.05) is 51.1 Å². The number of rotatable bonds is 6. The fraction of sp³-hybridized carbons (Fsp3) is 0.704. The third-order valence-electron chi connectivity index (χ3n) is 7.50. The number of alkyl halides is 3. The molecule has 0 aromatic heterocycles. The van der Waals surface area contributed by atoms with Crippen molar-refractivity contribution in [3.8, 4) is 0 Å². The van der Waals surface area contributed by atoms with Gasteiger partial charge in [0.25, 0.3) is 0 Å². The Kier molecular flexibility index (Phi) is 8.63. The first kappa shape index (κ1) is 28.3. The van der Waals surface area contributed by atoms with Gasteiger partial charge in [0, 0.05) is 12.0 Å². The zero-order chi connectivity index (χ0) is 26.8. The van der Waals surface area contributed by atoms with Crippen LogP contribution in [0.3, 0.4) is 0 Å². The lowest BCUT2D eigenvalue weighted by molar-refractivity contribution is -0.185. The quantitative estimate of drug-likeness (QED) is 0.487. The SMILES string of the molecule is CC(C)OC(=O)N1[C@H](C(=O)O)[C@@H](C(C)(C)C)[C@H](NCC2CCCC(C(F)(F)F)C2)[C@@H]1c1ccccc1. The van der Waals surface area contributed by atoms with Crippen LogP contribution < -0.4 is 5.32 Å². The van der Waals surface area contributed by atoms with Crippen molar-refractivity contribution in [3.63, 3.8) is 0 Å². The molecule has 36 heavy (non-hydrogen) atoms. The summed E-state index contributed by atoms with van der Waals surface area (Å²) in [4.78, 5) is 27.3. The molecule has 202 valence electrons. The molecule has 0 bridgehead atoms. The number of aliphatic carboxylic acids is 1. The number of nitrogens with zero attached hydrogens (tertiary/aromatic N) is 1. The largest absolute Gasteiger partial charge is 0.480 e. The number of hydrogen-bond acceptors (Lipinski definition) is 4.